The van der Waals surface area contributed by atoms with Crippen molar-refractivity contribution < 1.29 is 9.53 Å². The molecule has 2 aliphatic rings. The van der Waals surface area contributed by atoms with Crippen LogP contribution in [-0.4, -0.2) is 64.7 Å². The molecule has 6 heteroatoms. The Labute approximate surface area is 159 Å². The number of methoxy groups -OCH3 is 1. The number of carbonyl (C=O) groups is 1. The van der Waals surface area contributed by atoms with Crippen LogP contribution in [0.3, 0.4) is 0 Å². The zero-order valence-corrected chi connectivity index (χ0v) is 17.2. The van der Waals surface area contributed by atoms with Crippen molar-refractivity contribution in [1.82, 2.24) is 15.5 Å². The lowest BCUT2D eigenvalue weighted by atomic mass is 9.83. The van der Waals surface area contributed by atoms with E-state index in [-0.39, 0.29) is 11.3 Å². The average molecular weight is 367 g/mol. The predicted octanol–water partition coefficient (Wildman–Crippen LogP) is 2.40. The number of nitrogens with zero attached hydrogens (tertiary/aromatic N) is 2. The predicted molar refractivity (Wildman–Crippen MR) is 106 cm³/mol. The van der Waals surface area contributed by atoms with E-state index in [4.69, 9.17) is 4.74 Å². The molecule has 0 aromatic rings. The van der Waals surface area contributed by atoms with Gasteiger partial charge in [-0.1, -0.05) is 25.7 Å². The van der Waals surface area contributed by atoms with Crippen molar-refractivity contribution in [2.24, 2.45) is 15.8 Å². The zero-order chi connectivity index (χ0) is 19.0. The highest BCUT2D eigenvalue weighted by atomic mass is 16.5. The Kier molecular flexibility index (Phi) is 7.74. The quantitative estimate of drug-likeness (QED) is 0.511. The number of guanidine groups is 1. The molecular formula is C20H38N4O2. The standard InChI is InChI=1S/C20H38N4O2/c1-21-18(22-15-19(13-14-26-4)9-5-6-10-19)23-16-20(11-7-8-12-20)17(25)24(2)3/h5-16H2,1-4H3,(H2,21,22,23). The van der Waals surface area contributed by atoms with Crippen molar-refractivity contribution in [3.05, 3.63) is 0 Å². The van der Waals surface area contributed by atoms with Gasteiger partial charge in [-0.3, -0.25) is 9.79 Å². The summed E-state index contributed by atoms with van der Waals surface area (Å²) in [5.41, 5.74) is 0.0420. The van der Waals surface area contributed by atoms with E-state index in [0.29, 0.717) is 12.0 Å². The van der Waals surface area contributed by atoms with Crippen molar-refractivity contribution in [3.63, 3.8) is 0 Å². The number of aliphatic imine (C=N–C) groups is 1. The fourth-order valence-corrected chi connectivity index (χ4v) is 4.70. The van der Waals surface area contributed by atoms with E-state index < -0.39 is 0 Å². The monoisotopic (exact) mass is 366 g/mol. The van der Waals surface area contributed by atoms with Crippen LogP contribution in [0.25, 0.3) is 0 Å². The number of carbonyl (C=O) groups excluding carboxylic acids is 1. The van der Waals surface area contributed by atoms with Gasteiger partial charge in [0.1, 0.15) is 0 Å². The molecule has 0 saturated heterocycles. The number of rotatable bonds is 8. The Balaban J connectivity index is 1.91. The van der Waals surface area contributed by atoms with Crippen LogP contribution in [0.5, 0.6) is 0 Å². The van der Waals surface area contributed by atoms with Gasteiger partial charge in [0.2, 0.25) is 5.91 Å². The first-order valence-electron chi connectivity index (χ1n) is 10.1. The molecule has 0 bridgehead atoms. The van der Waals surface area contributed by atoms with Gasteiger partial charge in [0, 0.05) is 47.9 Å². The second-order valence-electron chi connectivity index (χ2n) is 8.42. The molecule has 1 amide bonds. The summed E-state index contributed by atoms with van der Waals surface area (Å²) >= 11 is 0. The molecular weight excluding hydrogens is 328 g/mol. The van der Waals surface area contributed by atoms with Gasteiger partial charge in [-0.25, -0.2) is 0 Å². The summed E-state index contributed by atoms with van der Waals surface area (Å²) in [4.78, 5) is 18.8. The van der Waals surface area contributed by atoms with Gasteiger partial charge in [-0.2, -0.15) is 0 Å². The third-order valence-corrected chi connectivity index (χ3v) is 6.37. The van der Waals surface area contributed by atoms with E-state index in [2.05, 4.69) is 15.6 Å². The molecule has 0 atom stereocenters. The minimum atomic E-state index is -0.276. The zero-order valence-electron chi connectivity index (χ0n) is 17.2. The van der Waals surface area contributed by atoms with E-state index in [1.54, 1.807) is 19.1 Å². The summed E-state index contributed by atoms with van der Waals surface area (Å²) in [7, 11) is 7.30. The molecule has 0 heterocycles. The SMILES string of the molecule is CN=C(NCC1(CCOC)CCCC1)NCC1(C(=O)N(C)C)CCCC1. The van der Waals surface area contributed by atoms with Gasteiger partial charge in [0.25, 0.3) is 0 Å². The summed E-state index contributed by atoms with van der Waals surface area (Å²) in [6, 6.07) is 0. The fourth-order valence-electron chi connectivity index (χ4n) is 4.70. The number of hydrogen-bond acceptors (Lipinski definition) is 3. The fraction of sp³-hybridized carbons (Fsp3) is 0.900. The summed E-state index contributed by atoms with van der Waals surface area (Å²) in [5, 5.41) is 6.97. The molecule has 0 aromatic carbocycles. The van der Waals surface area contributed by atoms with Crippen LogP contribution in [0.2, 0.25) is 0 Å². The Morgan fingerprint density at radius 2 is 1.62 bits per heavy atom. The molecule has 2 N–H and O–H groups in total. The molecule has 2 aliphatic carbocycles. The minimum Gasteiger partial charge on any atom is -0.385 e. The van der Waals surface area contributed by atoms with Gasteiger partial charge >= 0.3 is 0 Å². The van der Waals surface area contributed by atoms with E-state index in [1.165, 1.54) is 25.7 Å². The highest BCUT2D eigenvalue weighted by molar-refractivity contribution is 5.85. The molecule has 2 fully saturated rings. The molecule has 0 radical (unpaired) electrons. The molecule has 0 aromatic heterocycles. The first-order chi connectivity index (χ1) is 12.5. The molecule has 2 rings (SSSR count). The van der Waals surface area contributed by atoms with Crippen LogP contribution in [0.1, 0.15) is 57.8 Å². The molecule has 2 saturated carbocycles. The van der Waals surface area contributed by atoms with Crippen molar-refractivity contribution in [1.29, 1.82) is 0 Å². The van der Waals surface area contributed by atoms with Gasteiger partial charge in [-0.15, -0.1) is 0 Å². The summed E-state index contributed by atoms with van der Waals surface area (Å²) in [6.45, 7) is 2.40. The maximum atomic E-state index is 12.7. The minimum absolute atomic E-state index is 0.241. The van der Waals surface area contributed by atoms with E-state index in [0.717, 1.165) is 51.2 Å². The molecule has 0 unspecified atom stereocenters. The number of amides is 1. The van der Waals surface area contributed by atoms with E-state index in [9.17, 15) is 4.79 Å². The van der Waals surface area contributed by atoms with Gasteiger partial charge < -0.3 is 20.3 Å². The highest BCUT2D eigenvalue weighted by Crippen LogP contribution is 2.41. The largest absolute Gasteiger partial charge is 0.385 e. The molecule has 26 heavy (non-hydrogen) atoms. The first-order valence-corrected chi connectivity index (χ1v) is 10.1. The number of nitrogens with one attached hydrogen (secondary N) is 2. The summed E-state index contributed by atoms with van der Waals surface area (Å²) in [6.07, 6.45) is 10.4. The van der Waals surface area contributed by atoms with Crippen LogP contribution in [-0.2, 0) is 9.53 Å². The maximum Gasteiger partial charge on any atom is 0.230 e. The lowest BCUT2D eigenvalue weighted by Crippen LogP contribution is -2.50. The lowest BCUT2D eigenvalue weighted by Gasteiger charge is -2.33. The second kappa shape index (κ2) is 9.58. The topological polar surface area (TPSA) is 66.0 Å². The number of ether oxygens (including phenoxy) is 1. The summed E-state index contributed by atoms with van der Waals surface area (Å²) in [5.74, 6) is 1.05. The summed E-state index contributed by atoms with van der Waals surface area (Å²) < 4.78 is 5.32. The van der Waals surface area contributed by atoms with Crippen LogP contribution in [0.4, 0.5) is 0 Å². The average Bonchev–Trinajstić information content (AvgIpc) is 3.30. The maximum absolute atomic E-state index is 12.7. The highest BCUT2D eigenvalue weighted by Gasteiger charge is 2.42. The van der Waals surface area contributed by atoms with Gasteiger partial charge in [-0.05, 0) is 37.5 Å². The molecule has 0 spiro atoms. The van der Waals surface area contributed by atoms with Crippen LogP contribution in [0.15, 0.2) is 4.99 Å². The molecule has 6 nitrogen and oxygen atoms in total. The van der Waals surface area contributed by atoms with Crippen LogP contribution < -0.4 is 10.6 Å². The number of hydrogen-bond donors (Lipinski definition) is 2. The first kappa shape index (κ1) is 21.0. The van der Waals surface area contributed by atoms with Crippen LogP contribution >= 0.6 is 0 Å². The lowest BCUT2D eigenvalue weighted by molar-refractivity contribution is -0.138. The van der Waals surface area contributed by atoms with E-state index in [1.807, 2.05) is 14.1 Å². The third kappa shape index (κ3) is 5.12. The van der Waals surface area contributed by atoms with Gasteiger partial charge in [0.05, 0.1) is 5.41 Å². The Hall–Kier alpha value is -1.30. The Morgan fingerprint density at radius 1 is 1.04 bits per heavy atom. The normalized spacial score (nSPS) is 21.6. The van der Waals surface area contributed by atoms with Crippen molar-refractivity contribution in [2.45, 2.75) is 57.8 Å². The Bertz CT molecular complexity index is 478. The van der Waals surface area contributed by atoms with Gasteiger partial charge in [0.15, 0.2) is 5.96 Å². The molecule has 0 aliphatic heterocycles. The third-order valence-electron chi connectivity index (χ3n) is 6.37. The van der Waals surface area contributed by atoms with E-state index >= 15 is 0 Å². The smallest absolute Gasteiger partial charge is 0.230 e. The van der Waals surface area contributed by atoms with Crippen molar-refractivity contribution in [3.8, 4) is 0 Å². The second-order valence-corrected chi connectivity index (χ2v) is 8.42. The van der Waals surface area contributed by atoms with Crippen molar-refractivity contribution >= 4 is 11.9 Å². The van der Waals surface area contributed by atoms with Crippen LogP contribution in [0, 0.1) is 10.8 Å². The Morgan fingerprint density at radius 3 is 2.15 bits per heavy atom. The van der Waals surface area contributed by atoms with Crippen molar-refractivity contribution in [2.75, 3.05) is 47.9 Å². The molecule has 150 valence electrons.